The van der Waals surface area contributed by atoms with Crippen LogP contribution in [0.4, 0.5) is 33.5 Å². The van der Waals surface area contributed by atoms with E-state index in [1.807, 2.05) is 6.92 Å². The van der Waals surface area contributed by atoms with Crippen molar-refractivity contribution < 1.29 is 31.4 Å². The first-order valence-corrected chi connectivity index (χ1v) is 15.7. The summed E-state index contributed by atoms with van der Waals surface area (Å²) in [6.07, 6.45) is 3.25. The van der Waals surface area contributed by atoms with E-state index in [1.165, 1.54) is 33.8 Å². The fourth-order valence-corrected chi connectivity index (χ4v) is 6.77. The molecule has 4 unspecified atom stereocenters. The maximum absolute atomic E-state index is 16.0. The maximum Gasteiger partial charge on any atom is 0.318 e. The minimum Gasteiger partial charge on any atom is -0.474 e. The van der Waals surface area contributed by atoms with Gasteiger partial charge in [-0.3, -0.25) is 4.90 Å². The molecule has 5 heterocycles. The number of anilines is 2. The van der Waals surface area contributed by atoms with Crippen molar-refractivity contribution in [3.05, 3.63) is 28.8 Å². The predicted molar refractivity (Wildman–Crippen MR) is 167 cm³/mol. The first-order chi connectivity index (χ1) is 21.7. The first-order valence-electron chi connectivity index (χ1n) is 15.7. The van der Waals surface area contributed by atoms with Crippen LogP contribution in [0.5, 0.6) is 11.9 Å². The van der Waals surface area contributed by atoms with Crippen molar-refractivity contribution in [1.29, 1.82) is 0 Å². The van der Waals surface area contributed by atoms with E-state index >= 15 is 13.2 Å². The average molecular weight is 652 g/mol. The van der Waals surface area contributed by atoms with Crippen molar-refractivity contribution in [2.45, 2.75) is 96.0 Å². The number of nitrogen functional groups attached to an aromatic ring is 2. The van der Waals surface area contributed by atoms with E-state index in [4.69, 9.17) is 20.9 Å². The van der Waals surface area contributed by atoms with E-state index in [0.717, 1.165) is 32.0 Å². The van der Waals surface area contributed by atoms with Gasteiger partial charge in [0.25, 0.3) is 5.92 Å². The Balaban J connectivity index is 0.000000393. The van der Waals surface area contributed by atoms with Gasteiger partial charge in [0, 0.05) is 42.1 Å². The third-order valence-electron chi connectivity index (χ3n) is 9.27. The van der Waals surface area contributed by atoms with Crippen LogP contribution in [-0.4, -0.2) is 70.5 Å². The highest BCUT2D eigenvalue weighted by atomic mass is 19.3. The Morgan fingerprint density at radius 3 is 2.52 bits per heavy atom. The smallest absolute Gasteiger partial charge is 0.318 e. The lowest BCUT2D eigenvalue weighted by Gasteiger charge is -2.41. The Morgan fingerprint density at radius 1 is 1.20 bits per heavy atom. The first kappa shape index (κ1) is 33.8. The Kier molecular flexibility index (Phi) is 9.52. The van der Waals surface area contributed by atoms with Crippen LogP contribution in [0, 0.1) is 18.6 Å². The fraction of sp³-hybridized carbons (Fsp3) is 0.594. The molecule has 0 bridgehead atoms. The normalized spacial score (nSPS) is 23.4. The quantitative estimate of drug-likeness (QED) is 0.197. The molecule has 0 radical (unpaired) electrons. The number of hydrogen-bond acceptors (Lipinski definition) is 9. The summed E-state index contributed by atoms with van der Waals surface area (Å²) in [5.74, 6) is -5.89. The van der Waals surface area contributed by atoms with Crippen LogP contribution >= 0.6 is 0 Å². The Bertz CT molecular complexity index is 1590. The van der Waals surface area contributed by atoms with Crippen LogP contribution < -0.4 is 26.3 Å². The third kappa shape index (κ3) is 6.51. The highest BCUT2D eigenvalue weighted by Gasteiger charge is 2.38. The Morgan fingerprint density at radius 2 is 1.91 bits per heavy atom. The molecule has 0 amide bonds. The van der Waals surface area contributed by atoms with Gasteiger partial charge in [-0.2, -0.15) is 9.97 Å². The molecule has 5 N–H and O–H groups in total. The number of benzene rings is 1. The lowest BCUT2D eigenvalue weighted by atomic mass is 9.85. The zero-order chi connectivity index (χ0) is 33.6. The van der Waals surface area contributed by atoms with Gasteiger partial charge in [-0.1, -0.05) is 6.92 Å². The van der Waals surface area contributed by atoms with E-state index in [1.54, 1.807) is 6.92 Å². The molecular formula is C32H42F5N7O2. The molecule has 0 spiro atoms. The number of alkyl halides is 3. The fourth-order valence-electron chi connectivity index (χ4n) is 6.77. The van der Waals surface area contributed by atoms with Crippen molar-refractivity contribution >= 4 is 22.4 Å². The molecule has 4 atom stereocenters. The van der Waals surface area contributed by atoms with E-state index in [-0.39, 0.29) is 39.7 Å². The molecule has 3 aliphatic heterocycles. The van der Waals surface area contributed by atoms with Gasteiger partial charge in [0.1, 0.15) is 34.4 Å². The van der Waals surface area contributed by atoms with Crippen LogP contribution in [0.3, 0.4) is 0 Å². The largest absolute Gasteiger partial charge is 0.474 e. The lowest BCUT2D eigenvalue weighted by Crippen LogP contribution is -2.56. The second-order valence-corrected chi connectivity index (χ2v) is 12.8. The minimum absolute atomic E-state index is 0.0313. The van der Waals surface area contributed by atoms with Gasteiger partial charge in [-0.15, -0.1) is 0 Å². The topological polar surface area (TPSA) is 124 Å². The number of nitrogens with zero attached hydrogens (tertiary/aromatic N) is 4. The van der Waals surface area contributed by atoms with Gasteiger partial charge in [0.05, 0.1) is 18.9 Å². The van der Waals surface area contributed by atoms with Gasteiger partial charge in [0.2, 0.25) is 5.88 Å². The minimum atomic E-state index is -3.50. The summed E-state index contributed by atoms with van der Waals surface area (Å²) in [5, 5.41) is 3.31. The van der Waals surface area contributed by atoms with E-state index < -0.39 is 58.8 Å². The number of rotatable bonds is 8. The van der Waals surface area contributed by atoms with Gasteiger partial charge >= 0.3 is 6.01 Å². The van der Waals surface area contributed by atoms with Gasteiger partial charge in [-0.25, -0.2) is 26.9 Å². The molecule has 3 aromatic rings. The van der Waals surface area contributed by atoms with Crippen molar-refractivity contribution in [2.75, 3.05) is 38.2 Å². The number of nitrogens with two attached hydrogens (primary N) is 2. The number of hydrogen-bond donors (Lipinski definition) is 3. The number of nitrogens with one attached hydrogen (secondary N) is 1. The molecule has 2 aromatic heterocycles. The highest BCUT2D eigenvalue weighted by Crippen LogP contribution is 2.45. The summed E-state index contributed by atoms with van der Waals surface area (Å²) in [7, 11) is 1.27. The SMILES string of the molecule is CCC(F)(F)c1c(-c2nc(OC(C)CC3(C)CCN3)c3c(N)nc(OC)nc3c2F)cc(N)c(F)c1C.FC1CC2CCCN2C1. The molecule has 46 heavy (non-hydrogen) atoms. The van der Waals surface area contributed by atoms with Crippen molar-refractivity contribution in [1.82, 2.24) is 25.2 Å². The number of fused-ring (bicyclic) bond motifs is 2. The summed E-state index contributed by atoms with van der Waals surface area (Å²) in [6, 6.07) is 1.33. The summed E-state index contributed by atoms with van der Waals surface area (Å²) in [4.78, 5) is 14.6. The van der Waals surface area contributed by atoms with Gasteiger partial charge < -0.3 is 26.3 Å². The third-order valence-corrected chi connectivity index (χ3v) is 9.27. The average Bonchev–Trinajstić information content (AvgIpc) is 3.57. The second kappa shape index (κ2) is 12.9. The standard InChI is InChI=1S/C25H30F4N6O2.C7H12FN/c1-6-25(28,29)16-12(3)17(26)14(30)9-13(16)19-18(27)20-15(21(31)35-23(34-20)36-5)22(33-19)37-11(2)10-24(4)7-8-32-24;8-6-4-7-2-1-3-9(7)5-6/h9,11,32H,6-8,10,30H2,1-5H3,(H2,31,34,35);6-7H,1-5H2. The second-order valence-electron chi connectivity index (χ2n) is 12.8. The van der Waals surface area contributed by atoms with Gasteiger partial charge in [-0.05, 0) is 71.2 Å². The molecule has 14 heteroatoms. The van der Waals surface area contributed by atoms with Crippen molar-refractivity contribution in [3.63, 3.8) is 0 Å². The molecule has 3 saturated heterocycles. The Labute approximate surface area is 265 Å². The summed E-state index contributed by atoms with van der Waals surface area (Å²) in [6.45, 7) is 9.00. The molecular weight excluding hydrogens is 609 g/mol. The van der Waals surface area contributed by atoms with E-state index in [2.05, 4.69) is 25.2 Å². The maximum atomic E-state index is 16.0. The van der Waals surface area contributed by atoms with Gasteiger partial charge in [0.15, 0.2) is 5.82 Å². The zero-order valence-electron chi connectivity index (χ0n) is 26.8. The monoisotopic (exact) mass is 651 g/mol. The molecule has 3 fully saturated rings. The summed E-state index contributed by atoms with van der Waals surface area (Å²) in [5.41, 5.74) is 8.95. The van der Waals surface area contributed by atoms with Crippen LogP contribution in [0.25, 0.3) is 22.2 Å². The van der Waals surface area contributed by atoms with Crippen LogP contribution in [-0.2, 0) is 5.92 Å². The van der Waals surface area contributed by atoms with Crippen molar-refractivity contribution in [2.24, 2.45) is 0 Å². The van der Waals surface area contributed by atoms with E-state index in [0.29, 0.717) is 19.0 Å². The molecule has 9 nitrogen and oxygen atoms in total. The van der Waals surface area contributed by atoms with Crippen molar-refractivity contribution in [3.8, 4) is 23.1 Å². The highest BCUT2D eigenvalue weighted by molar-refractivity contribution is 5.96. The van der Waals surface area contributed by atoms with E-state index in [9.17, 15) is 8.78 Å². The number of ether oxygens (including phenoxy) is 2. The number of methoxy groups -OCH3 is 1. The predicted octanol–water partition coefficient (Wildman–Crippen LogP) is 6.06. The van der Waals surface area contributed by atoms with Crippen LogP contribution in [0.2, 0.25) is 0 Å². The molecule has 1 aromatic carbocycles. The molecule has 0 saturated carbocycles. The Hall–Kier alpha value is -3.52. The van der Waals surface area contributed by atoms with Crippen LogP contribution in [0.1, 0.15) is 70.4 Å². The number of aromatic nitrogens is 3. The number of halogens is 5. The lowest BCUT2D eigenvalue weighted by molar-refractivity contribution is -0.00863. The molecule has 252 valence electrons. The van der Waals surface area contributed by atoms with Crippen LogP contribution in [0.15, 0.2) is 6.07 Å². The zero-order valence-corrected chi connectivity index (χ0v) is 26.8. The molecule has 3 aliphatic rings. The summed E-state index contributed by atoms with van der Waals surface area (Å²) >= 11 is 0. The summed E-state index contributed by atoms with van der Waals surface area (Å²) < 4.78 is 84.6. The number of pyridine rings is 1. The molecule has 6 rings (SSSR count). The molecule has 0 aliphatic carbocycles.